The highest BCUT2D eigenvalue weighted by molar-refractivity contribution is 8.00. The third kappa shape index (κ3) is 10.6. The molecule has 0 radical (unpaired) electrons. The number of hydrogen-bond donors (Lipinski definition) is 4. The van der Waals surface area contributed by atoms with E-state index in [4.69, 9.17) is 24.2 Å². The third-order valence-electron chi connectivity index (χ3n) is 5.79. The van der Waals surface area contributed by atoms with Gasteiger partial charge in [-0.15, -0.1) is 0 Å². The number of fused-ring (bicyclic) bond motifs is 1. The fraction of sp³-hybridized carbons (Fsp3) is 0.433. The molecule has 4 N–H and O–H groups in total. The Morgan fingerprint density at radius 1 is 0.952 bits per heavy atom. The van der Waals surface area contributed by atoms with Crippen molar-refractivity contribution in [1.82, 2.24) is 10.5 Å². The number of carboxylic acids is 1. The molecule has 42 heavy (non-hydrogen) atoms. The Kier molecular flexibility index (Phi) is 10.5. The third-order valence-corrected chi connectivity index (χ3v) is 6.84. The summed E-state index contributed by atoms with van der Waals surface area (Å²) in [6.07, 6.45) is -0.0527. The first kappa shape index (κ1) is 32.8. The Morgan fingerprint density at radius 3 is 2.29 bits per heavy atom. The molecule has 0 saturated carbocycles. The quantitative estimate of drug-likeness (QED) is 0.0970. The molecule has 0 fully saturated rings. The lowest BCUT2D eigenvalue weighted by atomic mass is 10.1. The van der Waals surface area contributed by atoms with Gasteiger partial charge in [0.05, 0.1) is 6.61 Å². The summed E-state index contributed by atoms with van der Waals surface area (Å²) in [5.41, 5.74) is 2.86. The maximum Gasteiger partial charge on any atom is 0.431 e. The fourth-order valence-corrected chi connectivity index (χ4v) is 4.28. The molecule has 1 heterocycles. The van der Waals surface area contributed by atoms with Crippen molar-refractivity contribution in [2.24, 2.45) is 0 Å². The van der Waals surface area contributed by atoms with Crippen LogP contribution in [-0.4, -0.2) is 56.7 Å². The minimum Gasteiger partial charge on any atom is -0.488 e. The van der Waals surface area contributed by atoms with Gasteiger partial charge in [0.25, 0.3) is 5.91 Å². The van der Waals surface area contributed by atoms with Crippen LogP contribution in [0.2, 0.25) is 0 Å². The fourth-order valence-electron chi connectivity index (χ4n) is 3.72. The molecule has 0 spiro atoms. The molecule has 11 nitrogen and oxygen atoms in total. The Bertz CT molecular complexity index is 1390. The van der Waals surface area contributed by atoms with Crippen molar-refractivity contribution in [3.05, 3.63) is 59.8 Å². The van der Waals surface area contributed by atoms with Crippen LogP contribution in [-0.2, 0) is 14.3 Å². The summed E-state index contributed by atoms with van der Waals surface area (Å²) >= 11 is 1.38. The van der Waals surface area contributed by atoms with Crippen LogP contribution in [0.3, 0.4) is 0 Å². The van der Waals surface area contributed by atoms with E-state index in [1.807, 2.05) is 27.7 Å². The van der Waals surface area contributed by atoms with Crippen LogP contribution in [0.25, 0.3) is 10.9 Å². The van der Waals surface area contributed by atoms with Crippen LogP contribution in [0.5, 0.6) is 5.75 Å². The SMILES string of the molecule is CC(C)(C)OC(=O)NOCSC(C)(C)OCCC(C)(C)Oc1ccc(C(=O)Nc2ccc3[nH]c(C(=O)O)cc3c2)cc1. The number of benzene rings is 2. The molecule has 3 aromatic rings. The smallest absolute Gasteiger partial charge is 0.431 e. The monoisotopic (exact) mass is 601 g/mol. The lowest BCUT2D eigenvalue weighted by Gasteiger charge is -2.30. The number of nitrogens with one attached hydrogen (secondary N) is 3. The van der Waals surface area contributed by atoms with Gasteiger partial charge in [0, 0.05) is 28.6 Å². The highest BCUT2D eigenvalue weighted by Crippen LogP contribution is 2.28. The molecule has 3 rings (SSSR count). The number of amides is 2. The number of rotatable bonds is 13. The zero-order valence-corrected chi connectivity index (χ0v) is 25.8. The number of aromatic nitrogens is 1. The van der Waals surface area contributed by atoms with Gasteiger partial charge in [-0.1, -0.05) is 11.8 Å². The van der Waals surface area contributed by atoms with E-state index in [-0.39, 0.29) is 17.5 Å². The Hall–Kier alpha value is -3.74. The first-order valence-corrected chi connectivity index (χ1v) is 14.4. The summed E-state index contributed by atoms with van der Waals surface area (Å²) < 4.78 is 17.3. The predicted molar refractivity (Wildman–Crippen MR) is 162 cm³/mol. The largest absolute Gasteiger partial charge is 0.488 e. The predicted octanol–water partition coefficient (Wildman–Crippen LogP) is 6.57. The second-order valence-corrected chi connectivity index (χ2v) is 13.1. The molecule has 0 aliphatic heterocycles. The number of ether oxygens (including phenoxy) is 3. The van der Waals surface area contributed by atoms with Gasteiger partial charge in [-0.3, -0.25) is 9.63 Å². The van der Waals surface area contributed by atoms with Crippen molar-refractivity contribution in [3.8, 4) is 5.75 Å². The van der Waals surface area contributed by atoms with E-state index in [0.29, 0.717) is 40.9 Å². The maximum absolute atomic E-state index is 12.8. The molecule has 0 aliphatic carbocycles. The number of anilines is 1. The second-order valence-electron chi connectivity index (χ2n) is 11.6. The Balaban J connectivity index is 1.43. The van der Waals surface area contributed by atoms with E-state index < -0.39 is 28.2 Å². The highest BCUT2D eigenvalue weighted by Gasteiger charge is 2.25. The average Bonchev–Trinajstić information content (AvgIpc) is 3.29. The molecule has 0 bridgehead atoms. The van der Waals surface area contributed by atoms with E-state index >= 15 is 0 Å². The second kappa shape index (κ2) is 13.5. The van der Waals surface area contributed by atoms with E-state index in [1.54, 1.807) is 63.2 Å². The zero-order valence-electron chi connectivity index (χ0n) is 25.0. The van der Waals surface area contributed by atoms with Gasteiger partial charge in [-0.05, 0) is 97.0 Å². The van der Waals surface area contributed by atoms with Gasteiger partial charge in [0.1, 0.15) is 33.5 Å². The topological polar surface area (TPSA) is 148 Å². The molecule has 1 aromatic heterocycles. The number of thioether (sulfide) groups is 1. The molecular formula is C30H39N3O8S. The van der Waals surface area contributed by atoms with E-state index in [0.717, 1.165) is 0 Å². The van der Waals surface area contributed by atoms with Gasteiger partial charge >= 0.3 is 12.1 Å². The van der Waals surface area contributed by atoms with E-state index in [2.05, 4.69) is 15.8 Å². The molecule has 2 amide bonds. The van der Waals surface area contributed by atoms with Crippen LogP contribution in [0, 0.1) is 0 Å². The van der Waals surface area contributed by atoms with Crippen molar-refractivity contribution in [2.45, 2.75) is 71.0 Å². The number of carbonyl (C=O) groups is 3. The van der Waals surface area contributed by atoms with Gasteiger partial charge in [-0.2, -0.15) is 5.48 Å². The lowest BCUT2D eigenvalue weighted by molar-refractivity contribution is -0.00199. The number of aromatic carboxylic acids is 1. The summed E-state index contributed by atoms with van der Waals surface area (Å²) in [6.45, 7) is 13.5. The van der Waals surface area contributed by atoms with Crippen LogP contribution in [0.4, 0.5) is 10.5 Å². The summed E-state index contributed by atoms with van der Waals surface area (Å²) in [5, 5.41) is 12.7. The number of carboxylic acid groups (broad SMARTS) is 1. The molecule has 0 unspecified atom stereocenters. The Labute approximate surface area is 249 Å². The van der Waals surface area contributed by atoms with Crippen LogP contribution in [0.15, 0.2) is 48.5 Å². The molecule has 0 aliphatic rings. The van der Waals surface area contributed by atoms with Crippen molar-refractivity contribution in [3.63, 3.8) is 0 Å². The van der Waals surface area contributed by atoms with Gasteiger partial charge in [0.2, 0.25) is 0 Å². The van der Waals surface area contributed by atoms with Crippen LogP contribution >= 0.6 is 11.8 Å². The minimum atomic E-state index is -1.05. The summed E-state index contributed by atoms with van der Waals surface area (Å²) in [7, 11) is 0. The van der Waals surface area contributed by atoms with Gasteiger partial charge < -0.3 is 29.6 Å². The van der Waals surface area contributed by atoms with Gasteiger partial charge in [-0.25, -0.2) is 9.59 Å². The summed E-state index contributed by atoms with van der Waals surface area (Å²) in [5.74, 6) is -0.554. The number of H-pyrrole nitrogens is 1. The van der Waals surface area contributed by atoms with E-state index in [9.17, 15) is 14.4 Å². The normalized spacial score (nSPS) is 12.2. The molecule has 228 valence electrons. The molecule has 0 atom stereocenters. The lowest BCUT2D eigenvalue weighted by Crippen LogP contribution is -2.34. The number of carbonyl (C=O) groups excluding carboxylic acids is 2. The summed E-state index contributed by atoms with van der Waals surface area (Å²) in [4.78, 5) is 43.0. The average molecular weight is 602 g/mol. The first-order valence-electron chi connectivity index (χ1n) is 13.4. The van der Waals surface area contributed by atoms with Gasteiger partial charge in [0.15, 0.2) is 0 Å². The molecular weight excluding hydrogens is 562 g/mol. The summed E-state index contributed by atoms with van der Waals surface area (Å²) in [6, 6.07) is 13.5. The van der Waals surface area contributed by atoms with Crippen LogP contribution < -0.4 is 15.5 Å². The first-order chi connectivity index (χ1) is 19.5. The van der Waals surface area contributed by atoms with E-state index in [1.165, 1.54) is 17.8 Å². The molecule has 0 saturated heterocycles. The van der Waals surface area contributed by atoms with Crippen molar-refractivity contribution >= 4 is 46.3 Å². The highest BCUT2D eigenvalue weighted by atomic mass is 32.2. The van der Waals surface area contributed by atoms with Crippen molar-refractivity contribution < 1.29 is 38.5 Å². The van der Waals surface area contributed by atoms with Crippen molar-refractivity contribution in [2.75, 3.05) is 17.9 Å². The number of aromatic amines is 1. The number of hydrogen-bond acceptors (Lipinski definition) is 8. The number of hydroxylamine groups is 1. The molecule has 2 aromatic carbocycles. The molecule has 12 heteroatoms. The zero-order chi connectivity index (χ0) is 31.1. The minimum absolute atomic E-state index is 0.0837. The van der Waals surface area contributed by atoms with Crippen molar-refractivity contribution in [1.29, 1.82) is 0 Å². The van der Waals surface area contributed by atoms with Crippen LogP contribution in [0.1, 0.15) is 75.7 Å². The maximum atomic E-state index is 12.8. The Morgan fingerprint density at radius 2 is 1.64 bits per heavy atom. The standard InChI is InChI=1S/C30H39N3O8S/c1-28(2,3)41-27(37)33-39-18-42-30(6,7)38-15-14-29(4,5)40-22-11-8-19(9-12-22)25(34)31-21-10-13-23-20(16-21)17-24(32-23)26(35)36/h8-13,16-17,32H,14-15,18H2,1-7H3,(H,31,34)(H,33,37)(H,35,36).